The zero-order valence-electron chi connectivity index (χ0n) is 16.4. The highest BCUT2D eigenvalue weighted by Gasteiger charge is 2.26. The van der Waals surface area contributed by atoms with Gasteiger partial charge in [-0.2, -0.15) is 0 Å². The molecule has 1 N–H and O–H groups in total. The first-order chi connectivity index (χ1) is 14.6. The van der Waals surface area contributed by atoms with E-state index in [1.165, 1.54) is 35.6 Å². The van der Waals surface area contributed by atoms with E-state index in [0.29, 0.717) is 13.0 Å². The third-order valence-corrected chi connectivity index (χ3v) is 6.23. The molecule has 4 rings (SSSR count). The monoisotopic (exact) mass is 428 g/mol. The van der Waals surface area contributed by atoms with Crippen molar-refractivity contribution in [1.82, 2.24) is 15.5 Å². The van der Waals surface area contributed by atoms with Crippen molar-refractivity contribution in [2.24, 2.45) is 5.92 Å². The molecule has 8 heteroatoms. The van der Waals surface area contributed by atoms with Gasteiger partial charge in [-0.05, 0) is 48.2 Å². The van der Waals surface area contributed by atoms with Gasteiger partial charge in [0.15, 0.2) is 0 Å². The number of hydrogen-bond acceptors (Lipinski definition) is 5. The van der Waals surface area contributed by atoms with Gasteiger partial charge in [0.25, 0.3) is 0 Å². The van der Waals surface area contributed by atoms with Gasteiger partial charge in [0.2, 0.25) is 11.0 Å². The van der Waals surface area contributed by atoms with E-state index in [1.54, 1.807) is 24.3 Å². The van der Waals surface area contributed by atoms with Crippen molar-refractivity contribution in [3.05, 3.63) is 76.3 Å². The molecule has 0 bridgehead atoms. The van der Waals surface area contributed by atoms with Gasteiger partial charge in [0.05, 0.1) is 0 Å². The van der Waals surface area contributed by atoms with Crippen LogP contribution in [0.25, 0.3) is 0 Å². The van der Waals surface area contributed by atoms with Crippen molar-refractivity contribution in [2.45, 2.75) is 25.8 Å². The first-order valence-corrected chi connectivity index (χ1v) is 10.7. The molecule has 0 unspecified atom stereocenters. The molecule has 0 atom stereocenters. The quantitative estimate of drug-likeness (QED) is 0.646. The minimum Gasteiger partial charge on any atom is -0.352 e. The Kier molecular flexibility index (Phi) is 6.32. The molecule has 5 nitrogen and oxygen atoms in total. The second-order valence-corrected chi connectivity index (χ2v) is 8.43. The zero-order valence-corrected chi connectivity index (χ0v) is 17.2. The number of aromatic nitrogens is 2. The Morgan fingerprint density at radius 2 is 1.57 bits per heavy atom. The minimum absolute atomic E-state index is 0.0340. The van der Waals surface area contributed by atoms with Crippen LogP contribution in [0.4, 0.5) is 13.9 Å². The summed E-state index contributed by atoms with van der Waals surface area (Å²) in [5.74, 6) is -0.530. The van der Waals surface area contributed by atoms with Crippen LogP contribution in [-0.4, -0.2) is 29.2 Å². The van der Waals surface area contributed by atoms with Crippen molar-refractivity contribution >= 4 is 22.4 Å². The van der Waals surface area contributed by atoms with E-state index in [9.17, 15) is 13.6 Å². The van der Waals surface area contributed by atoms with Crippen LogP contribution < -0.4 is 10.2 Å². The van der Waals surface area contributed by atoms with Crippen molar-refractivity contribution < 1.29 is 13.6 Å². The number of rotatable bonds is 6. The van der Waals surface area contributed by atoms with E-state index in [4.69, 9.17) is 0 Å². The normalized spacial score (nSPS) is 14.7. The van der Waals surface area contributed by atoms with Crippen molar-refractivity contribution in [1.29, 1.82) is 0 Å². The van der Waals surface area contributed by atoms with Crippen LogP contribution in [-0.2, 0) is 17.8 Å². The van der Waals surface area contributed by atoms with E-state index >= 15 is 0 Å². The minimum atomic E-state index is -0.282. The molecule has 1 aromatic heterocycles. The average molecular weight is 429 g/mol. The van der Waals surface area contributed by atoms with Crippen LogP contribution in [0.5, 0.6) is 0 Å². The third kappa shape index (κ3) is 5.18. The van der Waals surface area contributed by atoms with Crippen LogP contribution in [0.15, 0.2) is 48.5 Å². The fourth-order valence-corrected chi connectivity index (χ4v) is 4.41. The molecular formula is C22H22F2N4OS. The molecule has 1 aliphatic heterocycles. The molecule has 2 heterocycles. The SMILES string of the molecule is O=C(NCc1ccc(F)cc1)C1CCN(c2nnc(Cc3ccc(F)cc3)s2)CC1. The maximum atomic E-state index is 13.0. The lowest BCUT2D eigenvalue weighted by atomic mass is 9.96. The fourth-order valence-electron chi connectivity index (χ4n) is 3.49. The predicted octanol–water partition coefficient (Wildman–Crippen LogP) is 3.94. The van der Waals surface area contributed by atoms with Gasteiger partial charge >= 0.3 is 0 Å². The molecule has 156 valence electrons. The number of carbonyl (C=O) groups excluding carboxylic acids is 1. The van der Waals surface area contributed by atoms with Gasteiger partial charge in [0, 0.05) is 32.0 Å². The van der Waals surface area contributed by atoms with E-state index in [1.807, 2.05) is 0 Å². The predicted molar refractivity (Wildman–Crippen MR) is 112 cm³/mol. The van der Waals surface area contributed by atoms with Crippen molar-refractivity contribution in [3.63, 3.8) is 0 Å². The van der Waals surface area contributed by atoms with Crippen molar-refractivity contribution in [2.75, 3.05) is 18.0 Å². The van der Waals surface area contributed by atoms with Crippen LogP contribution in [0.1, 0.15) is 29.0 Å². The van der Waals surface area contributed by atoms with Crippen molar-refractivity contribution in [3.8, 4) is 0 Å². The van der Waals surface area contributed by atoms with E-state index in [0.717, 1.165) is 47.2 Å². The number of piperidine rings is 1. The number of hydrogen-bond donors (Lipinski definition) is 1. The zero-order chi connectivity index (χ0) is 20.9. The Balaban J connectivity index is 1.26. The Labute approximate surface area is 177 Å². The molecule has 2 aromatic carbocycles. The maximum absolute atomic E-state index is 13.0. The molecule has 0 aliphatic carbocycles. The molecule has 1 fully saturated rings. The van der Waals surface area contributed by atoms with Gasteiger partial charge in [-0.25, -0.2) is 8.78 Å². The number of benzene rings is 2. The summed E-state index contributed by atoms with van der Waals surface area (Å²) in [5.41, 5.74) is 1.88. The first kappa shape index (κ1) is 20.4. The number of nitrogens with zero attached hydrogens (tertiary/aromatic N) is 3. The molecule has 0 radical (unpaired) electrons. The van der Waals surface area contributed by atoms with Gasteiger partial charge in [0.1, 0.15) is 16.6 Å². The lowest BCUT2D eigenvalue weighted by Gasteiger charge is -2.30. The van der Waals surface area contributed by atoms with Gasteiger partial charge in [-0.1, -0.05) is 35.6 Å². The number of amides is 1. The highest BCUT2D eigenvalue weighted by molar-refractivity contribution is 7.15. The summed E-state index contributed by atoms with van der Waals surface area (Å²) in [7, 11) is 0. The summed E-state index contributed by atoms with van der Waals surface area (Å²) in [6, 6.07) is 12.6. The summed E-state index contributed by atoms with van der Waals surface area (Å²) < 4.78 is 26.0. The summed E-state index contributed by atoms with van der Waals surface area (Å²) in [6.45, 7) is 1.90. The number of nitrogens with one attached hydrogen (secondary N) is 1. The molecule has 0 spiro atoms. The van der Waals surface area contributed by atoms with Gasteiger partial charge in [-0.3, -0.25) is 4.79 Å². The van der Waals surface area contributed by atoms with Crippen LogP contribution >= 0.6 is 11.3 Å². The highest BCUT2D eigenvalue weighted by Crippen LogP contribution is 2.27. The second-order valence-electron chi connectivity index (χ2n) is 7.39. The van der Waals surface area contributed by atoms with E-state index in [-0.39, 0.29) is 23.5 Å². The third-order valence-electron chi connectivity index (χ3n) is 5.24. The largest absolute Gasteiger partial charge is 0.352 e. The molecule has 3 aromatic rings. The number of halogens is 2. The van der Waals surface area contributed by atoms with Gasteiger partial charge in [-0.15, -0.1) is 10.2 Å². The summed E-state index contributed by atoms with van der Waals surface area (Å²) in [5, 5.41) is 13.2. The van der Waals surface area contributed by atoms with Crippen LogP contribution in [0, 0.1) is 17.6 Å². The molecule has 1 amide bonds. The summed E-state index contributed by atoms with van der Waals surface area (Å²) in [4.78, 5) is 14.6. The Morgan fingerprint density at radius 3 is 2.20 bits per heavy atom. The Hall–Kier alpha value is -2.87. The molecule has 0 saturated carbocycles. The second kappa shape index (κ2) is 9.30. The highest BCUT2D eigenvalue weighted by atomic mass is 32.1. The summed E-state index contributed by atoms with van der Waals surface area (Å²) >= 11 is 1.54. The lowest BCUT2D eigenvalue weighted by Crippen LogP contribution is -2.40. The molecular weight excluding hydrogens is 406 g/mol. The fraction of sp³-hybridized carbons (Fsp3) is 0.318. The molecule has 1 saturated heterocycles. The van der Waals surface area contributed by atoms with Crippen LogP contribution in [0.2, 0.25) is 0 Å². The number of carbonyl (C=O) groups is 1. The first-order valence-electron chi connectivity index (χ1n) is 9.91. The topological polar surface area (TPSA) is 58.1 Å². The Morgan fingerprint density at radius 1 is 0.967 bits per heavy atom. The van der Waals surface area contributed by atoms with E-state index in [2.05, 4.69) is 20.4 Å². The summed E-state index contributed by atoms with van der Waals surface area (Å²) in [6.07, 6.45) is 2.13. The average Bonchev–Trinajstić information content (AvgIpc) is 3.23. The Bertz CT molecular complexity index is 983. The lowest BCUT2D eigenvalue weighted by molar-refractivity contribution is -0.125. The molecule has 30 heavy (non-hydrogen) atoms. The van der Waals surface area contributed by atoms with E-state index < -0.39 is 0 Å². The smallest absolute Gasteiger partial charge is 0.223 e. The maximum Gasteiger partial charge on any atom is 0.223 e. The number of anilines is 1. The molecule has 1 aliphatic rings. The standard InChI is InChI=1S/C22H22F2N4OS/c23-18-5-1-15(2-6-18)13-20-26-27-22(30-20)28-11-9-17(10-12-28)21(29)25-14-16-3-7-19(24)8-4-16/h1-8,17H,9-14H2,(H,25,29). The van der Waals surface area contributed by atoms with Gasteiger partial charge < -0.3 is 10.2 Å². The van der Waals surface area contributed by atoms with Crippen LogP contribution in [0.3, 0.4) is 0 Å².